The van der Waals surface area contributed by atoms with E-state index in [2.05, 4.69) is 16.0 Å². The summed E-state index contributed by atoms with van der Waals surface area (Å²) in [5, 5.41) is 20.1. The fourth-order valence-electron chi connectivity index (χ4n) is 4.48. The lowest BCUT2D eigenvalue weighted by Gasteiger charge is -2.32. The molecule has 3 heterocycles. The largest absolute Gasteiger partial charge is 0.481 e. The van der Waals surface area contributed by atoms with Crippen LogP contribution in [-0.2, 0) is 4.79 Å². The zero-order valence-corrected chi connectivity index (χ0v) is 17.4. The van der Waals surface area contributed by atoms with Crippen LogP contribution in [0.5, 0.6) is 0 Å². The zero-order valence-electron chi connectivity index (χ0n) is 17.4. The van der Waals surface area contributed by atoms with Crippen LogP contribution in [0, 0.1) is 17.2 Å². The van der Waals surface area contributed by atoms with Crippen LogP contribution in [0.2, 0.25) is 0 Å². The van der Waals surface area contributed by atoms with E-state index in [0.29, 0.717) is 43.0 Å². The zero-order chi connectivity index (χ0) is 22.1. The molecule has 0 radical (unpaired) electrons. The second-order valence-electron chi connectivity index (χ2n) is 7.95. The molecule has 158 valence electrons. The number of carbonyl (C=O) groups is 1. The van der Waals surface area contributed by atoms with E-state index < -0.39 is 5.97 Å². The number of fused-ring (bicyclic) bond motifs is 1. The number of benzene rings is 2. The molecule has 6 nitrogen and oxygen atoms in total. The van der Waals surface area contributed by atoms with Crippen molar-refractivity contribution in [2.75, 3.05) is 18.0 Å². The number of aromatic nitrogens is 1. The lowest BCUT2D eigenvalue weighted by Crippen LogP contribution is -2.36. The summed E-state index contributed by atoms with van der Waals surface area (Å²) in [7, 11) is 0. The van der Waals surface area contributed by atoms with Gasteiger partial charge in [-0.3, -0.25) is 4.79 Å². The van der Waals surface area contributed by atoms with Gasteiger partial charge in [0.1, 0.15) is 11.8 Å². The first-order chi connectivity index (χ1) is 15.7. The van der Waals surface area contributed by atoms with E-state index >= 15 is 0 Å². The third kappa shape index (κ3) is 3.38. The highest BCUT2D eigenvalue weighted by Gasteiger charge is 2.30. The number of hydrogen-bond acceptors (Lipinski definition) is 5. The van der Waals surface area contributed by atoms with Crippen molar-refractivity contribution >= 4 is 22.8 Å². The lowest BCUT2D eigenvalue weighted by atomic mass is 9.94. The summed E-state index contributed by atoms with van der Waals surface area (Å²) < 4.78 is 6.29. The van der Waals surface area contributed by atoms with E-state index in [1.807, 2.05) is 60.7 Å². The van der Waals surface area contributed by atoms with Gasteiger partial charge in [0.2, 0.25) is 5.71 Å². The third-order valence-corrected chi connectivity index (χ3v) is 6.07. The maximum atomic E-state index is 11.4. The summed E-state index contributed by atoms with van der Waals surface area (Å²) >= 11 is 0. The van der Waals surface area contributed by atoms with Crippen LogP contribution in [0.4, 0.5) is 5.69 Å². The topological polar surface area (TPSA) is 90.4 Å². The van der Waals surface area contributed by atoms with Gasteiger partial charge in [-0.2, -0.15) is 5.26 Å². The predicted molar refractivity (Wildman–Crippen MR) is 122 cm³/mol. The predicted octanol–water partition coefficient (Wildman–Crippen LogP) is 5.33. The second kappa shape index (κ2) is 8.20. The molecule has 5 rings (SSSR count). The molecule has 32 heavy (non-hydrogen) atoms. The highest BCUT2D eigenvalue weighted by molar-refractivity contribution is 6.08. The molecule has 0 atom stereocenters. The first kappa shape index (κ1) is 19.8. The quantitative estimate of drug-likeness (QED) is 0.477. The minimum atomic E-state index is -0.760. The number of anilines is 1. The van der Waals surface area contributed by atoms with Crippen LogP contribution in [0.3, 0.4) is 0 Å². The molecule has 1 aliphatic heterocycles. The number of carboxylic acids is 1. The molecule has 1 aliphatic rings. The van der Waals surface area contributed by atoms with Gasteiger partial charge >= 0.3 is 5.97 Å². The molecule has 4 aromatic rings. The first-order valence-electron chi connectivity index (χ1n) is 10.6. The number of piperidine rings is 1. The Hall–Kier alpha value is -4.11. The molecule has 1 fully saturated rings. The molecule has 1 saturated heterocycles. The highest BCUT2D eigenvalue weighted by atomic mass is 16.4. The van der Waals surface area contributed by atoms with Crippen LogP contribution in [0.15, 0.2) is 71.3 Å². The average molecular weight is 423 g/mol. The fourth-order valence-corrected chi connectivity index (χ4v) is 4.48. The number of nitriles is 1. The van der Waals surface area contributed by atoms with E-state index in [1.54, 1.807) is 6.20 Å². The van der Waals surface area contributed by atoms with Crippen molar-refractivity contribution in [3.8, 4) is 28.5 Å². The monoisotopic (exact) mass is 423 g/mol. The van der Waals surface area contributed by atoms with Crippen molar-refractivity contribution in [3.05, 3.63) is 72.4 Å². The van der Waals surface area contributed by atoms with Crippen LogP contribution < -0.4 is 4.90 Å². The number of pyridine rings is 1. The third-order valence-electron chi connectivity index (χ3n) is 6.07. The van der Waals surface area contributed by atoms with E-state index in [-0.39, 0.29) is 5.92 Å². The van der Waals surface area contributed by atoms with Gasteiger partial charge in [0.25, 0.3) is 0 Å². The van der Waals surface area contributed by atoms with Gasteiger partial charge < -0.3 is 14.4 Å². The molecule has 0 spiro atoms. The summed E-state index contributed by atoms with van der Waals surface area (Å²) in [5.74, 6) is -0.410. The molecule has 0 aliphatic carbocycles. The first-order valence-corrected chi connectivity index (χ1v) is 10.6. The van der Waals surface area contributed by atoms with Crippen molar-refractivity contribution in [1.82, 2.24) is 4.98 Å². The Balaban J connectivity index is 1.76. The Morgan fingerprint density at radius 3 is 2.25 bits per heavy atom. The summed E-state index contributed by atoms with van der Waals surface area (Å²) in [5.41, 5.74) is 4.50. The summed E-state index contributed by atoms with van der Waals surface area (Å²) in [4.78, 5) is 18.0. The summed E-state index contributed by atoms with van der Waals surface area (Å²) in [6.45, 7) is 1.12. The summed E-state index contributed by atoms with van der Waals surface area (Å²) in [6, 6.07) is 22.1. The molecule has 2 aromatic carbocycles. The van der Waals surface area contributed by atoms with Crippen LogP contribution >= 0.6 is 0 Å². The Kier molecular flexibility index (Phi) is 5.08. The average Bonchev–Trinajstić information content (AvgIpc) is 3.24. The molecular weight excluding hydrogens is 402 g/mol. The summed E-state index contributed by atoms with van der Waals surface area (Å²) in [6.07, 6.45) is 2.62. The molecular formula is C26H21N3O3. The molecule has 0 unspecified atom stereocenters. The van der Waals surface area contributed by atoms with Crippen LogP contribution in [-0.4, -0.2) is 29.1 Å². The molecule has 0 amide bonds. The van der Waals surface area contributed by atoms with Gasteiger partial charge in [0.15, 0.2) is 0 Å². The SMILES string of the molecule is N#Cc1cnc2oc(-c3ccccc3)c(-c3ccccc3)c2c1N1CCC(C(=O)O)CC1. The Morgan fingerprint density at radius 2 is 1.66 bits per heavy atom. The molecule has 0 saturated carbocycles. The minimum absolute atomic E-state index is 0.355. The smallest absolute Gasteiger partial charge is 0.306 e. The van der Waals surface area contributed by atoms with Gasteiger partial charge in [0.05, 0.1) is 28.8 Å². The van der Waals surface area contributed by atoms with Gasteiger partial charge in [0, 0.05) is 24.2 Å². The van der Waals surface area contributed by atoms with E-state index in [1.165, 1.54) is 0 Å². The van der Waals surface area contributed by atoms with Gasteiger partial charge in [-0.1, -0.05) is 60.7 Å². The maximum absolute atomic E-state index is 11.4. The molecule has 6 heteroatoms. The van der Waals surface area contributed by atoms with Gasteiger partial charge in [-0.15, -0.1) is 0 Å². The lowest BCUT2D eigenvalue weighted by molar-refractivity contribution is -0.142. The minimum Gasteiger partial charge on any atom is -0.481 e. The van der Waals surface area contributed by atoms with Gasteiger partial charge in [-0.25, -0.2) is 4.98 Å². The standard InChI is InChI=1S/C26H21N3O3/c27-15-20-16-28-25-22(23(20)29-13-11-19(12-14-29)26(30)31)21(17-7-3-1-4-8-17)24(32-25)18-9-5-2-6-10-18/h1-10,16,19H,11-14H2,(H,30,31). The highest BCUT2D eigenvalue weighted by Crippen LogP contribution is 2.45. The Labute approximate surface area is 185 Å². The number of rotatable bonds is 4. The number of nitrogens with zero attached hydrogens (tertiary/aromatic N) is 3. The fraction of sp³-hybridized carbons (Fsp3) is 0.192. The van der Waals surface area contributed by atoms with Crippen molar-refractivity contribution in [2.45, 2.75) is 12.8 Å². The molecule has 2 aromatic heterocycles. The van der Waals surface area contributed by atoms with Crippen molar-refractivity contribution < 1.29 is 14.3 Å². The number of aliphatic carboxylic acids is 1. The number of furan rings is 1. The van der Waals surface area contributed by atoms with Crippen molar-refractivity contribution in [3.63, 3.8) is 0 Å². The second-order valence-corrected chi connectivity index (χ2v) is 7.95. The van der Waals surface area contributed by atoms with E-state index in [0.717, 1.165) is 27.8 Å². The molecule has 0 bridgehead atoms. The van der Waals surface area contributed by atoms with Crippen LogP contribution in [0.1, 0.15) is 18.4 Å². The van der Waals surface area contributed by atoms with Crippen molar-refractivity contribution in [1.29, 1.82) is 5.26 Å². The normalized spacial score (nSPS) is 14.4. The number of carboxylic acid groups (broad SMARTS) is 1. The van der Waals surface area contributed by atoms with Crippen LogP contribution in [0.25, 0.3) is 33.6 Å². The molecule has 1 N–H and O–H groups in total. The Bertz CT molecular complexity index is 1320. The number of hydrogen-bond donors (Lipinski definition) is 1. The maximum Gasteiger partial charge on any atom is 0.306 e. The van der Waals surface area contributed by atoms with E-state index in [9.17, 15) is 15.2 Å². The van der Waals surface area contributed by atoms with Crippen molar-refractivity contribution in [2.24, 2.45) is 5.92 Å². The Morgan fingerprint density at radius 1 is 1.03 bits per heavy atom. The van der Waals surface area contributed by atoms with Gasteiger partial charge in [-0.05, 0) is 18.4 Å². The van der Waals surface area contributed by atoms with E-state index in [4.69, 9.17) is 4.42 Å².